The molecular weight excluding hydrogens is 408 g/mol. The van der Waals surface area contributed by atoms with Crippen molar-refractivity contribution in [2.24, 2.45) is 0 Å². The number of aromatic nitrogens is 3. The van der Waals surface area contributed by atoms with Crippen molar-refractivity contribution in [3.8, 4) is 11.4 Å². The fourth-order valence-corrected chi connectivity index (χ4v) is 4.34. The Kier molecular flexibility index (Phi) is 4.66. The molecule has 0 radical (unpaired) electrons. The van der Waals surface area contributed by atoms with E-state index in [0.717, 1.165) is 34.1 Å². The lowest BCUT2D eigenvalue weighted by molar-refractivity contribution is 0.155. The average Bonchev–Trinajstić information content (AvgIpc) is 3.36. The van der Waals surface area contributed by atoms with Crippen molar-refractivity contribution in [3.05, 3.63) is 80.3 Å². The van der Waals surface area contributed by atoms with E-state index in [1.54, 1.807) is 22.9 Å². The zero-order chi connectivity index (χ0) is 20.8. The van der Waals surface area contributed by atoms with E-state index in [0.29, 0.717) is 16.5 Å². The van der Waals surface area contributed by atoms with Crippen LogP contribution in [0.25, 0.3) is 11.3 Å². The van der Waals surface area contributed by atoms with Gasteiger partial charge in [-0.1, -0.05) is 0 Å². The monoisotopic (exact) mass is 427 g/mol. The van der Waals surface area contributed by atoms with Crippen molar-refractivity contribution in [1.82, 2.24) is 14.0 Å². The number of thiophene rings is 1. The summed E-state index contributed by atoms with van der Waals surface area (Å²) >= 11 is 1.01. The molecule has 5 nitrogen and oxygen atoms in total. The van der Waals surface area contributed by atoms with E-state index in [-0.39, 0.29) is 17.0 Å². The molecule has 0 bridgehead atoms. The highest BCUT2D eigenvalue weighted by Crippen LogP contribution is 2.41. The van der Waals surface area contributed by atoms with Crippen molar-refractivity contribution in [3.63, 3.8) is 0 Å². The number of halogens is 2. The third kappa shape index (κ3) is 3.52. The largest absolute Gasteiger partial charge is 0.488 e. The number of ether oxygens (including phenoxy) is 1. The molecule has 4 aromatic heterocycles. The Bertz CT molecular complexity index is 1290. The lowest BCUT2D eigenvalue weighted by Gasteiger charge is -2.09. The summed E-state index contributed by atoms with van der Waals surface area (Å²) in [7, 11) is 0. The quantitative estimate of drug-likeness (QED) is 0.422. The zero-order valence-electron chi connectivity index (χ0n) is 16.2. The first-order chi connectivity index (χ1) is 14.5. The van der Waals surface area contributed by atoms with Crippen LogP contribution in [0.15, 0.2) is 53.6 Å². The molecular formula is C22H19F2N3O2S. The molecule has 154 valence electrons. The molecule has 1 saturated carbocycles. The molecule has 1 aliphatic carbocycles. The Morgan fingerprint density at radius 3 is 2.77 bits per heavy atom. The van der Waals surface area contributed by atoms with Crippen LogP contribution in [0.3, 0.4) is 0 Å². The second-order valence-electron chi connectivity index (χ2n) is 7.44. The molecule has 4 aromatic rings. The molecule has 0 N–H and O–H groups in total. The first-order valence-electron chi connectivity index (χ1n) is 9.71. The summed E-state index contributed by atoms with van der Waals surface area (Å²) in [6.07, 6.45) is 3.47. The summed E-state index contributed by atoms with van der Waals surface area (Å²) < 4.78 is 34.6. The minimum absolute atomic E-state index is 0.0130. The average molecular weight is 427 g/mol. The molecule has 0 atom stereocenters. The summed E-state index contributed by atoms with van der Waals surface area (Å²) in [4.78, 5) is 18.1. The molecule has 4 heterocycles. The van der Waals surface area contributed by atoms with Gasteiger partial charge in [-0.25, -0.2) is 13.8 Å². The molecule has 0 amide bonds. The van der Waals surface area contributed by atoms with Gasteiger partial charge in [-0.15, -0.1) is 11.3 Å². The van der Waals surface area contributed by atoms with Gasteiger partial charge < -0.3 is 9.14 Å². The summed E-state index contributed by atoms with van der Waals surface area (Å²) in [5.74, 6) is 0.965. The third-order valence-electron chi connectivity index (χ3n) is 5.29. The van der Waals surface area contributed by atoms with Crippen LogP contribution in [0.5, 0.6) is 5.75 Å². The number of hydrogen-bond donors (Lipinski definition) is 0. The van der Waals surface area contributed by atoms with Crippen molar-refractivity contribution >= 4 is 17.0 Å². The highest BCUT2D eigenvalue weighted by Gasteiger charge is 2.28. The minimum atomic E-state index is -2.48. The highest BCUT2D eigenvalue weighted by molar-refractivity contribution is 7.12. The third-order valence-corrected chi connectivity index (χ3v) is 6.36. The molecule has 0 aliphatic heterocycles. The fourth-order valence-electron chi connectivity index (χ4n) is 3.56. The second-order valence-corrected chi connectivity index (χ2v) is 8.64. The van der Waals surface area contributed by atoms with Gasteiger partial charge in [0.1, 0.15) is 18.0 Å². The number of hydrogen-bond acceptors (Lipinski definition) is 4. The number of fused-ring (bicyclic) bond motifs is 1. The van der Waals surface area contributed by atoms with Crippen molar-refractivity contribution in [2.45, 2.75) is 38.7 Å². The lowest BCUT2D eigenvalue weighted by atomic mass is 10.2. The van der Waals surface area contributed by atoms with E-state index in [2.05, 4.69) is 6.92 Å². The normalized spacial score (nSPS) is 14.0. The van der Waals surface area contributed by atoms with E-state index in [9.17, 15) is 13.6 Å². The van der Waals surface area contributed by atoms with Crippen molar-refractivity contribution < 1.29 is 13.5 Å². The van der Waals surface area contributed by atoms with Gasteiger partial charge in [0.05, 0.1) is 16.3 Å². The number of rotatable bonds is 6. The highest BCUT2D eigenvalue weighted by atomic mass is 32.1. The van der Waals surface area contributed by atoms with Gasteiger partial charge in [0.15, 0.2) is 0 Å². The zero-order valence-corrected chi connectivity index (χ0v) is 17.0. The van der Waals surface area contributed by atoms with Crippen LogP contribution < -0.4 is 10.3 Å². The van der Waals surface area contributed by atoms with E-state index >= 15 is 0 Å². The predicted octanol–water partition coefficient (Wildman–Crippen LogP) is 5.25. The van der Waals surface area contributed by atoms with Crippen LogP contribution in [-0.2, 0) is 6.61 Å². The van der Waals surface area contributed by atoms with Gasteiger partial charge in [0.2, 0.25) is 0 Å². The smallest absolute Gasteiger partial charge is 0.272 e. The van der Waals surface area contributed by atoms with Crippen molar-refractivity contribution in [1.29, 1.82) is 0 Å². The number of imidazole rings is 1. The predicted molar refractivity (Wildman–Crippen MR) is 111 cm³/mol. The van der Waals surface area contributed by atoms with Gasteiger partial charge in [-0.05, 0) is 50.1 Å². The van der Waals surface area contributed by atoms with Crippen LogP contribution >= 0.6 is 11.3 Å². The second kappa shape index (κ2) is 7.36. The maximum absolute atomic E-state index is 12.7. The molecule has 1 fully saturated rings. The first-order valence-corrected chi connectivity index (χ1v) is 10.5. The molecule has 1 aliphatic rings. The summed E-state index contributed by atoms with van der Waals surface area (Å²) in [5, 5.41) is 0. The number of alkyl halides is 2. The number of aryl methyl sites for hydroxylation is 1. The van der Waals surface area contributed by atoms with Crippen LogP contribution in [-0.4, -0.2) is 14.0 Å². The van der Waals surface area contributed by atoms with Gasteiger partial charge in [0.25, 0.3) is 12.0 Å². The van der Waals surface area contributed by atoms with Crippen LogP contribution in [0.4, 0.5) is 8.78 Å². The maximum atomic E-state index is 12.7. The number of pyridine rings is 2. The van der Waals surface area contributed by atoms with E-state index < -0.39 is 6.43 Å². The number of nitrogens with zero attached hydrogens (tertiary/aromatic N) is 3. The summed E-state index contributed by atoms with van der Waals surface area (Å²) in [5.41, 5.74) is 3.65. The molecule has 8 heteroatoms. The Morgan fingerprint density at radius 2 is 2.07 bits per heavy atom. The van der Waals surface area contributed by atoms with Gasteiger partial charge in [-0.3, -0.25) is 9.36 Å². The van der Waals surface area contributed by atoms with Crippen molar-refractivity contribution in [2.75, 3.05) is 0 Å². The molecule has 5 rings (SSSR count). The Balaban J connectivity index is 1.37. The van der Waals surface area contributed by atoms with Crippen LogP contribution in [0.2, 0.25) is 0 Å². The Morgan fingerprint density at radius 1 is 1.23 bits per heavy atom. The van der Waals surface area contributed by atoms with Crippen LogP contribution in [0.1, 0.15) is 46.3 Å². The van der Waals surface area contributed by atoms with Gasteiger partial charge in [0, 0.05) is 34.9 Å². The molecule has 0 aromatic carbocycles. The standard InChI is InChI=1S/C22H19F2N3O2S/c1-13-21(14-2-3-14)25-19-7-4-15(11-27(13)19)26-9-8-16(10-20(26)28)29-12-17-5-6-18(30-17)22(23)24/h4-11,14,22H,2-3,12H2,1H3. The topological polar surface area (TPSA) is 48.5 Å². The first kappa shape index (κ1) is 19.0. The van der Waals surface area contributed by atoms with Gasteiger partial charge in [-0.2, -0.15) is 0 Å². The van der Waals surface area contributed by atoms with E-state index in [4.69, 9.17) is 9.72 Å². The fraction of sp³-hybridized carbons (Fsp3) is 0.273. The lowest BCUT2D eigenvalue weighted by Crippen LogP contribution is -2.17. The Hall–Kier alpha value is -3.00. The molecule has 0 saturated heterocycles. The summed E-state index contributed by atoms with van der Waals surface area (Å²) in [6.45, 7) is 2.20. The molecule has 0 unspecified atom stereocenters. The van der Waals surface area contributed by atoms with E-state index in [1.807, 2.05) is 22.7 Å². The van der Waals surface area contributed by atoms with E-state index in [1.165, 1.54) is 25.0 Å². The van der Waals surface area contributed by atoms with Gasteiger partial charge >= 0.3 is 0 Å². The minimum Gasteiger partial charge on any atom is -0.488 e. The summed E-state index contributed by atoms with van der Waals surface area (Å²) in [6, 6.07) is 9.91. The van der Waals surface area contributed by atoms with Crippen LogP contribution in [0, 0.1) is 6.92 Å². The Labute approximate surface area is 175 Å². The maximum Gasteiger partial charge on any atom is 0.272 e. The molecule has 0 spiro atoms. The molecule has 30 heavy (non-hydrogen) atoms. The SMILES string of the molecule is Cc1c(C2CC2)nc2ccc(-n3ccc(OCc4ccc(C(F)F)s4)cc3=O)cn12.